The molecular weight excluding hydrogens is 244 g/mol. The highest BCUT2D eigenvalue weighted by Gasteiger charge is 2.48. The van der Waals surface area contributed by atoms with Gasteiger partial charge in [-0.2, -0.15) is 0 Å². The first-order chi connectivity index (χ1) is 9.58. The second-order valence-corrected chi connectivity index (χ2v) is 7.58. The van der Waals surface area contributed by atoms with Gasteiger partial charge in [-0.1, -0.05) is 19.9 Å². The molecule has 1 heterocycles. The lowest BCUT2D eigenvalue weighted by atomic mass is 9.59. The molecule has 2 nitrogen and oxygen atoms in total. The first-order valence-electron chi connectivity index (χ1n) is 8.21. The minimum Gasteiger partial charge on any atom is -0.399 e. The molecule has 0 radical (unpaired) electrons. The lowest BCUT2D eigenvalue weighted by Crippen LogP contribution is -2.58. The van der Waals surface area contributed by atoms with Crippen LogP contribution in [0, 0.1) is 11.8 Å². The van der Waals surface area contributed by atoms with E-state index in [9.17, 15) is 0 Å². The van der Waals surface area contributed by atoms with Crippen LogP contribution in [0.3, 0.4) is 0 Å². The molecule has 2 heteroatoms. The molecule has 3 atom stereocenters. The van der Waals surface area contributed by atoms with Gasteiger partial charge in [0.1, 0.15) is 0 Å². The standard InChI is InChI=1S/C18H26N2/c1-12-17-9-14-5-6-15(19)10-16(14)18(12,2)7-8-20(17)11-13-3-4-13/h5-6,10,12-13,17H,3-4,7-9,11,19H2,1-2H3/t12-,17+,18+/m0/s1. The van der Waals surface area contributed by atoms with Crippen LogP contribution in [0.4, 0.5) is 5.69 Å². The van der Waals surface area contributed by atoms with Crippen molar-refractivity contribution in [3.05, 3.63) is 29.3 Å². The summed E-state index contributed by atoms with van der Waals surface area (Å²) in [5.41, 5.74) is 10.4. The molecule has 0 aromatic heterocycles. The Balaban J connectivity index is 1.71. The van der Waals surface area contributed by atoms with Crippen LogP contribution in [0.25, 0.3) is 0 Å². The molecule has 2 N–H and O–H groups in total. The highest BCUT2D eigenvalue weighted by atomic mass is 15.2. The van der Waals surface area contributed by atoms with Gasteiger partial charge in [0.25, 0.3) is 0 Å². The average molecular weight is 270 g/mol. The van der Waals surface area contributed by atoms with E-state index in [1.807, 2.05) is 0 Å². The van der Waals surface area contributed by atoms with Crippen molar-refractivity contribution in [2.24, 2.45) is 11.8 Å². The molecule has 108 valence electrons. The summed E-state index contributed by atoms with van der Waals surface area (Å²) in [5.74, 6) is 1.74. The average Bonchev–Trinajstić information content (AvgIpc) is 3.22. The zero-order valence-electron chi connectivity index (χ0n) is 12.7. The molecule has 1 aliphatic heterocycles. The maximum Gasteiger partial charge on any atom is 0.0317 e. The van der Waals surface area contributed by atoms with Gasteiger partial charge in [-0.3, -0.25) is 4.90 Å². The van der Waals surface area contributed by atoms with Crippen molar-refractivity contribution in [1.82, 2.24) is 4.90 Å². The van der Waals surface area contributed by atoms with Crippen molar-refractivity contribution >= 4 is 5.69 Å². The van der Waals surface area contributed by atoms with E-state index in [0.29, 0.717) is 5.41 Å². The predicted molar refractivity (Wildman–Crippen MR) is 83.8 cm³/mol. The minimum atomic E-state index is 0.327. The molecule has 0 unspecified atom stereocenters. The number of nitrogens with zero attached hydrogens (tertiary/aromatic N) is 1. The fourth-order valence-corrected chi connectivity index (χ4v) is 4.58. The number of nitrogens with two attached hydrogens (primary N) is 1. The molecule has 2 bridgehead atoms. The molecular formula is C18H26N2. The summed E-state index contributed by atoms with van der Waals surface area (Å²) >= 11 is 0. The lowest BCUT2D eigenvalue weighted by Gasteiger charge is -2.54. The molecule has 2 aliphatic carbocycles. The lowest BCUT2D eigenvalue weighted by molar-refractivity contribution is 0.0284. The number of piperidine rings is 1. The van der Waals surface area contributed by atoms with Crippen molar-refractivity contribution in [1.29, 1.82) is 0 Å². The van der Waals surface area contributed by atoms with Crippen molar-refractivity contribution in [2.45, 2.75) is 51.0 Å². The molecule has 20 heavy (non-hydrogen) atoms. The summed E-state index contributed by atoms with van der Waals surface area (Å²) in [6.45, 7) is 7.55. The number of rotatable bonds is 2. The highest BCUT2D eigenvalue weighted by Crippen LogP contribution is 2.49. The van der Waals surface area contributed by atoms with Crippen LogP contribution in [0.15, 0.2) is 18.2 Å². The van der Waals surface area contributed by atoms with Crippen molar-refractivity contribution in [2.75, 3.05) is 18.8 Å². The Hall–Kier alpha value is -1.02. The van der Waals surface area contributed by atoms with Gasteiger partial charge in [0, 0.05) is 18.3 Å². The molecule has 3 aliphatic rings. The maximum atomic E-state index is 6.05. The van der Waals surface area contributed by atoms with E-state index < -0.39 is 0 Å². The molecule has 0 amide bonds. The smallest absolute Gasteiger partial charge is 0.0317 e. The van der Waals surface area contributed by atoms with Crippen molar-refractivity contribution in [3.63, 3.8) is 0 Å². The first kappa shape index (κ1) is 12.7. The predicted octanol–water partition coefficient (Wildman–Crippen LogP) is 3.20. The third kappa shape index (κ3) is 1.81. The SMILES string of the molecule is C[C@H]1[C@H]2Cc3ccc(N)cc3[C@]1(C)CCN2CC1CC1. The largest absolute Gasteiger partial charge is 0.399 e. The van der Waals surface area contributed by atoms with E-state index in [2.05, 4.69) is 36.9 Å². The molecule has 1 aromatic carbocycles. The van der Waals surface area contributed by atoms with Crippen LogP contribution in [0.1, 0.15) is 44.2 Å². The van der Waals surface area contributed by atoms with Crippen molar-refractivity contribution in [3.8, 4) is 0 Å². The summed E-state index contributed by atoms with van der Waals surface area (Å²) in [6.07, 6.45) is 5.43. The van der Waals surface area contributed by atoms with E-state index in [0.717, 1.165) is 23.6 Å². The zero-order valence-corrected chi connectivity index (χ0v) is 12.7. The number of benzene rings is 1. The van der Waals surface area contributed by atoms with Gasteiger partial charge in [0.05, 0.1) is 0 Å². The van der Waals surface area contributed by atoms with Crippen LogP contribution < -0.4 is 5.73 Å². The number of anilines is 1. The molecule has 1 aromatic rings. The molecule has 4 rings (SSSR count). The van der Waals surface area contributed by atoms with Gasteiger partial charge in [-0.15, -0.1) is 0 Å². The summed E-state index contributed by atoms with van der Waals surface area (Å²) in [7, 11) is 0. The normalized spacial score (nSPS) is 36.7. The van der Waals surface area contributed by atoms with Crippen LogP contribution in [-0.4, -0.2) is 24.0 Å². The van der Waals surface area contributed by atoms with Crippen LogP contribution >= 0.6 is 0 Å². The fourth-order valence-electron chi connectivity index (χ4n) is 4.58. The third-order valence-electron chi connectivity index (χ3n) is 6.34. The van der Waals surface area contributed by atoms with Crippen LogP contribution in [0.2, 0.25) is 0 Å². The van der Waals surface area contributed by atoms with Gasteiger partial charge < -0.3 is 5.73 Å². The van der Waals surface area contributed by atoms with Crippen LogP contribution in [-0.2, 0) is 11.8 Å². The molecule has 0 spiro atoms. The maximum absolute atomic E-state index is 6.05. The summed E-state index contributed by atoms with van der Waals surface area (Å²) < 4.78 is 0. The summed E-state index contributed by atoms with van der Waals surface area (Å²) in [4.78, 5) is 2.80. The summed E-state index contributed by atoms with van der Waals surface area (Å²) in [6, 6.07) is 7.35. The van der Waals surface area contributed by atoms with Crippen LogP contribution in [0.5, 0.6) is 0 Å². The number of hydrogen-bond donors (Lipinski definition) is 1. The summed E-state index contributed by atoms with van der Waals surface area (Å²) in [5, 5.41) is 0. The van der Waals surface area contributed by atoms with E-state index in [-0.39, 0.29) is 0 Å². The Morgan fingerprint density at radius 2 is 2.15 bits per heavy atom. The number of hydrogen-bond acceptors (Lipinski definition) is 2. The number of likely N-dealkylation sites (tertiary alicyclic amines) is 1. The Kier molecular flexibility index (Phi) is 2.69. The monoisotopic (exact) mass is 270 g/mol. The molecule has 1 saturated heterocycles. The molecule has 1 saturated carbocycles. The zero-order chi connectivity index (χ0) is 13.9. The van der Waals surface area contributed by atoms with Gasteiger partial charge in [0.2, 0.25) is 0 Å². The Bertz CT molecular complexity index is 534. The van der Waals surface area contributed by atoms with E-state index in [4.69, 9.17) is 5.73 Å². The highest BCUT2D eigenvalue weighted by molar-refractivity contribution is 5.50. The van der Waals surface area contributed by atoms with Gasteiger partial charge in [0.15, 0.2) is 0 Å². The van der Waals surface area contributed by atoms with E-state index in [1.54, 1.807) is 5.56 Å². The third-order valence-corrected chi connectivity index (χ3v) is 6.34. The topological polar surface area (TPSA) is 29.3 Å². The second kappa shape index (κ2) is 4.24. The quantitative estimate of drug-likeness (QED) is 0.836. The Labute approximate surface area is 122 Å². The molecule has 2 fully saturated rings. The van der Waals surface area contributed by atoms with Gasteiger partial charge in [-0.05, 0) is 72.7 Å². The Morgan fingerprint density at radius 1 is 1.35 bits per heavy atom. The minimum absolute atomic E-state index is 0.327. The second-order valence-electron chi connectivity index (χ2n) is 7.58. The van der Waals surface area contributed by atoms with Gasteiger partial charge >= 0.3 is 0 Å². The van der Waals surface area contributed by atoms with E-state index >= 15 is 0 Å². The number of nitrogen functional groups attached to an aromatic ring is 1. The van der Waals surface area contributed by atoms with Crippen molar-refractivity contribution < 1.29 is 0 Å². The fraction of sp³-hybridized carbons (Fsp3) is 0.667. The van der Waals surface area contributed by atoms with Gasteiger partial charge in [-0.25, -0.2) is 0 Å². The Morgan fingerprint density at radius 3 is 2.90 bits per heavy atom. The van der Waals surface area contributed by atoms with E-state index in [1.165, 1.54) is 44.3 Å². The first-order valence-corrected chi connectivity index (χ1v) is 8.21. The number of fused-ring (bicyclic) bond motifs is 4.